The van der Waals surface area contributed by atoms with Crippen LogP contribution in [0.5, 0.6) is 0 Å². The summed E-state index contributed by atoms with van der Waals surface area (Å²) in [7, 11) is 0. The third-order valence-corrected chi connectivity index (χ3v) is 6.28. The molecule has 2 aliphatic heterocycles. The number of hydrogen-bond acceptors (Lipinski definition) is 5. The van der Waals surface area contributed by atoms with Crippen molar-refractivity contribution in [3.63, 3.8) is 0 Å². The van der Waals surface area contributed by atoms with Gasteiger partial charge in [0.2, 0.25) is 5.91 Å². The minimum Gasteiger partial charge on any atom is -0.357 e. The third-order valence-electron chi connectivity index (χ3n) is 5.75. The van der Waals surface area contributed by atoms with E-state index in [-0.39, 0.29) is 11.9 Å². The third kappa shape index (κ3) is 3.43. The molecule has 0 aliphatic carbocycles. The van der Waals surface area contributed by atoms with Gasteiger partial charge in [-0.05, 0) is 42.2 Å². The number of benzene rings is 2. The van der Waals surface area contributed by atoms with E-state index in [4.69, 9.17) is 0 Å². The van der Waals surface area contributed by atoms with Crippen LogP contribution in [-0.4, -0.2) is 28.5 Å². The Morgan fingerprint density at radius 3 is 2.67 bits per heavy atom. The molecular weight excluding hydrogens is 442 g/mol. The molecule has 1 unspecified atom stereocenters. The molecule has 5 rings (SSSR count). The van der Waals surface area contributed by atoms with Crippen LogP contribution in [0.4, 0.5) is 17.3 Å². The summed E-state index contributed by atoms with van der Waals surface area (Å²) in [4.78, 5) is 26.3. The van der Waals surface area contributed by atoms with Crippen molar-refractivity contribution in [2.24, 2.45) is 0 Å². The number of rotatable bonds is 3. The summed E-state index contributed by atoms with van der Waals surface area (Å²) in [6.45, 7) is 3.99. The van der Waals surface area contributed by atoms with Crippen molar-refractivity contribution in [1.82, 2.24) is 9.97 Å². The van der Waals surface area contributed by atoms with Crippen LogP contribution in [0, 0.1) is 0 Å². The van der Waals surface area contributed by atoms with Crippen molar-refractivity contribution in [2.45, 2.75) is 32.5 Å². The second kappa shape index (κ2) is 7.72. The quantitative estimate of drug-likeness (QED) is 0.631. The summed E-state index contributed by atoms with van der Waals surface area (Å²) < 4.78 is 1.02. The molecule has 2 aromatic carbocycles. The number of aromatic nitrogens is 2. The first-order valence-electron chi connectivity index (χ1n) is 10.1. The number of nitrogens with zero attached hydrogens (tertiary/aromatic N) is 4. The summed E-state index contributed by atoms with van der Waals surface area (Å²) in [5, 5.41) is 3.26. The second-order valence-corrected chi connectivity index (χ2v) is 8.67. The first-order valence-corrected chi connectivity index (χ1v) is 10.9. The van der Waals surface area contributed by atoms with Crippen LogP contribution < -0.4 is 15.1 Å². The van der Waals surface area contributed by atoms with Gasteiger partial charge in [-0.2, -0.15) is 0 Å². The van der Waals surface area contributed by atoms with Crippen LogP contribution in [0.2, 0.25) is 0 Å². The van der Waals surface area contributed by atoms with E-state index in [9.17, 15) is 4.79 Å². The number of amides is 1. The topological polar surface area (TPSA) is 61.4 Å². The smallest absolute Gasteiger partial charge is 0.249 e. The van der Waals surface area contributed by atoms with Crippen molar-refractivity contribution in [2.75, 3.05) is 21.7 Å². The largest absolute Gasteiger partial charge is 0.357 e. The number of carbonyl (C=O) groups excluding carboxylic acids is 1. The molecule has 3 heterocycles. The predicted molar refractivity (Wildman–Crippen MR) is 122 cm³/mol. The Labute approximate surface area is 184 Å². The Bertz CT molecular complexity index is 1100. The van der Waals surface area contributed by atoms with Crippen LogP contribution in [0.3, 0.4) is 0 Å². The number of carbonyl (C=O) groups is 1. The van der Waals surface area contributed by atoms with Crippen LogP contribution in [0.1, 0.15) is 23.6 Å². The number of fused-ring (bicyclic) bond motifs is 2. The fourth-order valence-electron chi connectivity index (χ4n) is 4.17. The molecule has 6 nitrogen and oxygen atoms in total. The maximum atomic E-state index is 13.2. The highest BCUT2D eigenvalue weighted by Gasteiger charge is 2.35. The lowest BCUT2D eigenvalue weighted by Crippen LogP contribution is -2.47. The van der Waals surface area contributed by atoms with E-state index < -0.39 is 0 Å². The molecule has 0 bridgehead atoms. The Morgan fingerprint density at radius 2 is 1.87 bits per heavy atom. The summed E-state index contributed by atoms with van der Waals surface area (Å²) in [5.41, 5.74) is 4.51. The zero-order chi connectivity index (χ0) is 20.7. The standard InChI is InChI=1S/C23H22BrN5O/c1-15-23(30)29(12-16-6-8-19(24)9-7-16)20-21(27-15)25-14-26-22(20)28-11-10-17-4-2-3-5-18(17)13-28/h2-9,14-15H,10-13H2,1H3,(H,25,26,27). The van der Waals surface area contributed by atoms with Gasteiger partial charge in [-0.15, -0.1) is 0 Å². The van der Waals surface area contributed by atoms with Gasteiger partial charge in [0.15, 0.2) is 11.6 Å². The van der Waals surface area contributed by atoms with Crippen molar-refractivity contribution in [3.05, 3.63) is 76.0 Å². The highest BCUT2D eigenvalue weighted by molar-refractivity contribution is 9.10. The van der Waals surface area contributed by atoms with E-state index in [1.807, 2.05) is 36.1 Å². The van der Waals surface area contributed by atoms with Gasteiger partial charge in [-0.3, -0.25) is 9.69 Å². The van der Waals surface area contributed by atoms with Crippen LogP contribution in [-0.2, 0) is 24.3 Å². The molecule has 152 valence electrons. The summed E-state index contributed by atoms with van der Waals surface area (Å²) in [6.07, 6.45) is 2.54. The summed E-state index contributed by atoms with van der Waals surface area (Å²) >= 11 is 3.48. The minimum absolute atomic E-state index is 0.0267. The molecule has 30 heavy (non-hydrogen) atoms. The van der Waals surface area contributed by atoms with Crippen molar-refractivity contribution < 1.29 is 4.79 Å². The highest BCUT2D eigenvalue weighted by Crippen LogP contribution is 2.39. The highest BCUT2D eigenvalue weighted by atomic mass is 79.9. The lowest BCUT2D eigenvalue weighted by Gasteiger charge is -2.38. The molecule has 1 N–H and O–H groups in total. The Hall–Kier alpha value is -2.93. The first-order chi connectivity index (χ1) is 14.6. The Balaban J connectivity index is 1.54. The zero-order valence-corrected chi connectivity index (χ0v) is 18.3. The van der Waals surface area contributed by atoms with Crippen molar-refractivity contribution >= 4 is 39.2 Å². The zero-order valence-electron chi connectivity index (χ0n) is 16.7. The summed E-state index contributed by atoms with van der Waals surface area (Å²) in [5.74, 6) is 1.54. The van der Waals surface area contributed by atoms with Gasteiger partial charge in [0.25, 0.3) is 0 Å². The first kappa shape index (κ1) is 19.1. The van der Waals surface area contributed by atoms with Gasteiger partial charge in [0.1, 0.15) is 18.1 Å². The van der Waals surface area contributed by atoms with E-state index in [1.165, 1.54) is 11.1 Å². The average molecular weight is 464 g/mol. The number of anilines is 3. The molecule has 0 radical (unpaired) electrons. The van der Waals surface area contributed by atoms with Gasteiger partial charge in [-0.1, -0.05) is 52.3 Å². The molecule has 1 amide bonds. The number of halogens is 1. The molecule has 7 heteroatoms. The van der Waals surface area contributed by atoms with Gasteiger partial charge < -0.3 is 10.2 Å². The van der Waals surface area contributed by atoms with Gasteiger partial charge in [0.05, 0.1) is 6.54 Å². The average Bonchev–Trinajstić information content (AvgIpc) is 2.77. The summed E-state index contributed by atoms with van der Waals surface area (Å²) in [6, 6.07) is 16.2. The fourth-order valence-corrected chi connectivity index (χ4v) is 4.44. The van der Waals surface area contributed by atoms with Crippen LogP contribution >= 0.6 is 15.9 Å². The monoisotopic (exact) mass is 463 g/mol. The van der Waals surface area contributed by atoms with Gasteiger partial charge >= 0.3 is 0 Å². The lowest BCUT2D eigenvalue weighted by molar-refractivity contribution is -0.119. The van der Waals surface area contributed by atoms with Crippen molar-refractivity contribution in [1.29, 1.82) is 0 Å². The minimum atomic E-state index is -0.335. The number of nitrogens with one attached hydrogen (secondary N) is 1. The lowest BCUT2D eigenvalue weighted by atomic mass is 9.99. The maximum Gasteiger partial charge on any atom is 0.249 e. The normalized spacial score (nSPS) is 17.9. The Kier molecular flexibility index (Phi) is 4.90. The fraction of sp³-hybridized carbons (Fsp3) is 0.261. The van der Waals surface area contributed by atoms with E-state index >= 15 is 0 Å². The van der Waals surface area contributed by atoms with E-state index in [0.717, 1.165) is 41.1 Å². The molecule has 0 fully saturated rings. The van der Waals surface area contributed by atoms with Crippen LogP contribution in [0.25, 0.3) is 0 Å². The predicted octanol–water partition coefficient (Wildman–Crippen LogP) is 4.15. The van der Waals surface area contributed by atoms with Crippen molar-refractivity contribution in [3.8, 4) is 0 Å². The molecule has 0 saturated carbocycles. The van der Waals surface area contributed by atoms with Crippen LogP contribution in [0.15, 0.2) is 59.3 Å². The molecular formula is C23H22BrN5O. The number of hydrogen-bond donors (Lipinski definition) is 1. The Morgan fingerprint density at radius 1 is 1.10 bits per heavy atom. The van der Waals surface area contributed by atoms with Gasteiger partial charge in [0, 0.05) is 17.6 Å². The maximum absolute atomic E-state index is 13.2. The van der Waals surface area contributed by atoms with E-state index in [0.29, 0.717) is 12.4 Å². The van der Waals surface area contributed by atoms with E-state index in [2.05, 4.69) is 60.4 Å². The molecule has 1 aromatic heterocycles. The molecule has 0 spiro atoms. The van der Waals surface area contributed by atoms with E-state index in [1.54, 1.807) is 6.33 Å². The van der Waals surface area contributed by atoms with Gasteiger partial charge in [-0.25, -0.2) is 9.97 Å². The molecule has 1 atom stereocenters. The molecule has 2 aliphatic rings. The second-order valence-electron chi connectivity index (χ2n) is 7.75. The SMILES string of the molecule is CC1Nc2ncnc(N3CCc4ccccc4C3)c2N(Cc2ccc(Br)cc2)C1=O. The molecule has 3 aromatic rings. The molecule has 0 saturated heterocycles.